The van der Waals surface area contributed by atoms with Crippen LogP contribution in [0.3, 0.4) is 0 Å². The number of non-ortho nitro benzene ring substituents is 1. The van der Waals surface area contributed by atoms with Crippen LogP contribution < -0.4 is 19.5 Å². The molecule has 0 spiro atoms. The summed E-state index contributed by atoms with van der Waals surface area (Å²) in [5.41, 5.74) is 0.355. The van der Waals surface area contributed by atoms with E-state index < -0.39 is 10.8 Å². The van der Waals surface area contributed by atoms with Crippen molar-refractivity contribution in [2.24, 2.45) is 0 Å². The lowest BCUT2D eigenvalue weighted by Gasteiger charge is -2.14. The zero-order chi connectivity index (χ0) is 20.5. The second kappa shape index (κ2) is 10.1. The molecular formula is C20H24N2O6. The van der Waals surface area contributed by atoms with Gasteiger partial charge in [0.05, 0.1) is 30.8 Å². The SMILES string of the molecule is CCCOc1ccc(NC(=O)c2cc([N+](=O)[O-])ccc2OC)cc1OCCC. The molecule has 1 amide bonds. The van der Waals surface area contributed by atoms with Gasteiger partial charge in [0.1, 0.15) is 5.75 Å². The smallest absolute Gasteiger partial charge is 0.270 e. The number of nitro groups is 1. The van der Waals surface area contributed by atoms with Gasteiger partial charge in [-0.05, 0) is 31.0 Å². The molecule has 1 N–H and O–H groups in total. The molecule has 0 aliphatic carbocycles. The number of methoxy groups -OCH3 is 1. The van der Waals surface area contributed by atoms with Gasteiger partial charge in [-0.15, -0.1) is 0 Å². The van der Waals surface area contributed by atoms with Crippen LogP contribution in [0.2, 0.25) is 0 Å². The minimum absolute atomic E-state index is 0.0686. The molecule has 0 saturated heterocycles. The number of hydrogen-bond donors (Lipinski definition) is 1. The highest BCUT2D eigenvalue weighted by Crippen LogP contribution is 2.32. The van der Waals surface area contributed by atoms with Crippen LogP contribution in [0.4, 0.5) is 11.4 Å². The maximum atomic E-state index is 12.7. The van der Waals surface area contributed by atoms with Crippen molar-refractivity contribution >= 4 is 17.3 Å². The third-order valence-corrected chi connectivity index (χ3v) is 3.76. The van der Waals surface area contributed by atoms with E-state index in [4.69, 9.17) is 14.2 Å². The molecule has 150 valence electrons. The second-order valence-corrected chi connectivity index (χ2v) is 5.95. The number of rotatable bonds is 10. The quantitative estimate of drug-likeness (QED) is 0.477. The number of nitrogens with one attached hydrogen (secondary N) is 1. The minimum atomic E-state index is -0.563. The van der Waals surface area contributed by atoms with E-state index in [9.17, 15) is 14.9 Å². The largest absolute Gasteiger partial charge is 0.496 e. The first-order chi connectivity index (χ1) is 13.5. The van der Waals surface area contributed by atoms with Crippen molar-refractivity contribution in [2.75, 3.05) is 25.6 Å². The first-order valence-electron chi connectivity index (χ1n) is 9.03. The van der Waals surface area contributed by atoms with Gasteiger partial charge < -0.3 is 19.5 Å². The van der Waals surface area contributed by atoms with E-state index >= 15 is 0 Å². The third kappa shape index (κ3) is 5.35. The average molecular weight is 388 g/mol. The Morgan fingerprint density at radius 2 is 1.64 bits per heavy atom. The number of ether oxygens (including phenoxy) is 3. The van der Waals surface area contributed by atoms with Gasteiger partial charge in [-0.25, -0.2) is 0 Å². The lowest BCUT2D eigenvalue weighted by atomic mass is 10.1. The Kier molecular flexibility index (Phi) is 7.62. The summed E-state index contributed by atoms with van der Waals surface area (Å²) < 4.78 is 16.5. The van der Waals surface area contributed by atoms with Gasteiger partial charge >= 0.3 is 0 Å². The number of anilines is 1. The lowest BCUT2D eigenvalue weighted by Crippen LogP contribution is -2.14. The summed E-state index contributed by atoms with van der Waals surface area (Å²) in [5, 5.41) is 13.7. The third-order valence-electron chi connectivity index (χ3n) is 3.76. The maximum Gasteiger partial charge on any atom is 0.270 e. The highest BCUT2D eigenvalue weighted by Gasteiger charge is 2.18. The van der Waals surface area contributed by atoms with E-state index in [0.717, 1.165) is 12.8 Å². The van der Waals surface area contributed by atoms with E-state index in [1.54, 1.807) is 18.2 Å². The molecule has 0 unspecified atom stereocenters. The molecule has 8 nitrogen and oxygen atoms in total. The number of carbonyl (C=O) groups is 1. The normalized spacial score (nSPS) is 10.2. The molecule has 2 rings (SSSR count). The zero-order valence-corrected chi connectivity index (χ0v) is 16.2. The van der Waals surface area contributed by atoms with Gasteiger partial charge in [0.15, 0.2) is 11.5 Å². The lowest BCUT2D eigenvalue weighted by molar-refractivity contribution is -0.384. The number of benzene rings is 2. The predicted octanol–water partition coefficient (Wildman–Crippen LogP) is 4.43. The second-order valence-electron chi connectivity index (χ2n) is 5.95. The maximum absolute atomic E-state index is 12.7. The molecule has 0 heterocycles. The van der Waals surface area contributed by atoms with Crippen LogP contribution >= 0.6 is 0 Å². The van der Waals surface area contributed by atoms with Crippen LogP contribution in [0.5, 0.6) is 17.2 Å². The first-order valence-corrected chi connectivity index (χ1v) is 9.03. The van der Waals surface area contributed by atoms with Crippen LogP contribution in [0.1, 0.15) is 37.0 Å². The van der Waals surface area contributed by atoms with Crippen LogP contribution in [0.15, 0.2) is 36.4 Å². The molecule has 0 aliphatic rings. The fourth-order valence-electron chi connectivity index (χ4n) is 2.43. The summed E-state index contributed by atoms with van der Waals surface area (Å²) in [4.78, 5) is 23.1. The number of nitrogens with zero attached hydrogens (tertiary/aromatic N) is 1. The number of hydrogen-bond acceptors (Lipinski definition) is 6. The molecule has 0 radical (unpaired) electrons. The molecule has 2 aromatic rings. The number of carbonyl (C=O) groups excluding carboxylic acids is 1. The minimum Gasteiger partial charge on any atom is -0.496 e. The van der Waals surface area contributed by atoms with E-state index in [2.05, 4.69) is 5.32 Å². The predicted molar refractivity (Wildman–Crippen MR) is 106 cm³/mol. The standard InChI is InChI=1S/C20H24N2O6/c1-4-10-27-18-8-6-14(12-19(18)28-11-5-2)21-20(23)16-13-15(22(24)25)7-9-17(16)26-3/h6-9,12-13H,4-5,10-11H2,1-3H3,(H,21,23). The Bertz CT molecular complexity index is 837. The van der Waals surface area contributed by atoms with E-state index in [0.29, 0.717) is 30.4 Å². The fourth-order valence-corrected chi connectivity index (χ4v) is 2.43. The molecule has 0 saturated carbocycles. The van der Waals surface area contributed by atoms with Crippen molar-refractivity contribution in [2.45, 2.75) is 26.7 Å². The fraction of sp³-hybridized carbons (Fsp3) is 0.350. The van der Waals surface area contributed by atoms with E-state index in [1.807, 2.05) is 13.8 Å². The molecule has 28 heavy (non-hydrogen) atoms. The molecule has 0 aliphatic heterocycles. The zero-order valence-electron chi connectivity index (χ0n) is 16.2. The molecule has 0 bridgehead atoms. The highest BCUT2D eigenvalue weighted by molar-refractivity contribution is 6.06. The van der Waals surface area contributed by atoms with Gasteiger partial charge in [0.2, 0.25) is 0 Å². The monoisotopic (exact) mass is 388 g/mol. The summed E-state index contributed by atoms with van der Waals surface area (Å²) in [5.74, 6) is 0.845. The highest BCUT2D eigenvalue weighted by atomic mass is 16.6. The average Bonchev–Trinajstić information content (AvgIpc) is 2.70. The van der Waals surface area contributed by atoms with E-state index in [1.165, 1.54) is 25.3 Å². The molecular weight excluding hydrogens is 364 g/mol. The van der Waals surface area contributed by atoms with Gasteiger partial charge in [-0.2, -0.15) is 0 Å². The van der Waals surface area contributed by atoms with Crippen LogP contribution in [0, 0.1) is 10.1 Å². The molecule has 0 atom stereocenters. The topological polar surface area (TPSA) is 99.9 Å². The summed E-state index contributed by atoms with van der Waals surface area (Å²) in [6, 6.07) is 8.94. The van der Waals surface area contributed by atoms with Gasteiger partial charge in [-0.3, -0.25) is 14.9 Å². The van der Waals surface area contributed by atoms with Crippen molar-refractivity contribution < 1.29 is 23.9 Å². The van der Waals surface area contributed by atoms with E-state index in [-0.39, 0.29) is 17.0 Å². The van der Waals surface area contributed by atoms with Crippen molar-refractivity contribution in [1.29, 1.82) is 0 Å². The van der Waals surface area contributed by atoms with Gasteiger partial charge in [0, 0.05) is 23.9 Å². The summed E-state index contributed by atoms with van der Waals surface area (Å²) in [6.07, 6.45) is 1.69. The Balaban J connectivity index is 2.27. The summed E-state index contributed by atoms with van der Waals surface area (Å²) in [7, 11) is 1.40. The van der Waals surface area contributed by atoms with Crippen LogP contribution in [-0.4, -0.2) is 31.2 Å². The molecule has 0 aromatic heterocycles. The Morgan fingerprint density at radius 1 is 1.00 bits per heavy atom. The van der Waals surface area contributed by atoms with Crippen LogP contribution in [-0.2, 0) is 0 Å². The first kappa shape index (κ1) is 21.0. The molecule has 0 fully saturated rings. The summed E-state index contributed by atoms with van der Waals surface area (Å²) in [6.45, 7) is 5.07. The Labute approximate surface area is 163 Å². The molecule has 2 aromatic carbocycles. The van der Waals surface area contributed by atoms with Gasteiger partial charge in [-0.1, -0.05) is 13.8 Å². The van der Waals surface area contributed by atoms with Crippen molar-refractivity contribution in [3.05, 3.63) is 52.1 Å². The van der Waals surface area contributed by atoms with Crippen molar-refractivity contribution in [1.82, 2.24) is 0 Å². The summed E-state index contributed by atoms with van der Waals surface area (Å²) >= 11 is 0. The number of amides is 1. The van der Waals surface area contributed by atoms with Gasteiger partial charge in [0.25, 0.3) is 11.6 Å². The van der Waals surface area contributed by atoms with Crippen LogP contribution in [0.25, 0.3) is 0 Å². The molecule has 8 heteroatoms. The Morgan fingerprint density at radius 3 is 2.25 bits per heavy atom. The van der Waals surface area contributed by atoms with Crippen molar-refractivity contribution in [3.8, 4) is 17.2 Å². The number of nitro benzene ring substituents is 1. The Hall–Kier alpha value is -3.29. The van der Waals surface area contributed by atoms with Crippen molar-refractivity contribution in [3.63, 3.8) is 0 Å².